The summed E-state index contributed by atoms with van der Waals surface area (Å²) in [6.45, 7) is 2.78. The van der Waals surface area contributed by atoms with Crippen LogP contribution in [-0.2, 0) is 0 Å². The van der Waals surface area contributed by atoms with Crippen molar-refractivity contribution in [1.82, 2.24) is 5.32 Å². The highest BCUT2D eigenvalue weighted by molar-refractivity contribution is 9.10. The molecule has 0 radical (unpaired) electrons. The van der Waals surface area contributed by atoms with Gasteiger partial charge in [-0.2, -0.15) is 0 Å². The number of anilines is 1. The van der Waals surface area contributed by atoms with Crippen LogP contribution in [0.3, 0.4) is 0 Å². The highest BCUT2D eigenvalue weighted by Crippen LogP contribution is 2.35. The Morgan fingerprint density at radius 3 is 2.88 bits per heavy atom. The SMILES string of the molecule is Fc1cc(Br)ccc1N1CCNC(C2CC2)C1. The van der Waals surface area contributed by atoms with Crippen LogP contribution >= 0.6 is 15.9 Å². The fraction of sp³-hybridized carbons (Fsp3) is 0.538. The molecule has 0 spiro atoms. The highest BCUT2D eigenvalue weighted by Gasteiger charge is 2.34. The van der Waals surface area contributed by atoms with Gasteiger partial charge in [0.05, 0.1) is 5.69 Å². The fourth-order valence-corrected chi connectivity index (χ4v) is 2.88. The molecule has 2 nitrogen and oxygen atoms in total. The van der Waals surface area contributed by atoms with E-state index in [1.54, 1.807) is 6.07 Å². The van der Waals surface area contributed by atoms with Crippen LogP contribution < -0.4 is 10.2 Å². The van der Waals surface area contributed by atoms with E-state index >= 15 is 0 Å². The van der Waals surface area contributed by atoms with E-state index in [0.29, 0.717) is 6.04 Å². The van der Waals surface area contributed by atoms with E-state index in [1.807, 2.05) is 12.1 Å². The Hall–Kier alpha value is -0.610. The zero-order valence-electron chi connectivity index (χ0n) is 9.63. The molecule has 1 aliphatic carbocycles. The monoisotopic (exact) mass is 298 g/mol. The summed E-state index contributed by atoms with van der Waals surface area (Å²) in [4.78, 5) is 2.17. The number of hydrogen-bond donors (Lipinski definition) is 1. The number of rotatable bonds is 2. The van der Waals surface area contributed by atoms with Crippen molar-refractivity contribution in [3.05, 3.63) is 28.5 Å². The molecule has 0 aromatic heterocycles. The van der Waals surface area contributed by atoms with Crippen LogP contribution in [0.25, 0.3) is 0 Å². The van der Waals surface area contributed by atoms with Gasteiger partial charge in [0.25, 0.3) is 0 Å². The number of piperazine rings is 1. The Bertz CT molecular complexity index is 420. The summed E-state index contributed by atoms with van der Waals surface area (Å²) in [6.07, 6.45) is 2.66. The molecule has 1 N–H and O–H groups in total. The van der Waals surface area contributed by atoms with Crippen molar-refractivity contribution in [3.8, 4) is 0 Å². The maximum atomic E-state index is 13.9. The third kappa shape index (κ3) is 2.47. The Kier molecular flexibility index (Phi) is 3.09. The van der Waals surface area contributed by atoms with Gasteiger partial charge in [0.1, 0.15) is 5.82 Å². The first kappa shape index (κ1) is 11.5. The van der Waals surface area contributed by atoms with Crippen LogP contribution in [0.2, 0.25) is 0 Å². The van der Waals surface area contributed by atoms with Crippen molar-refractivity contribution in [1.29, 1.82) is 0 Å². The van der Waals surface area contributed by atoms with E-state index in [-0.39, 0.29) is 5.82 Å². The van der Waals surface area contributed by atoms with E-state index < -0.39 is 0 Å². The second-order valence-corrected chi connectivity index (χ2v) is 5.86. The molecule has 1 heterocycles. The van der Waals surface area contributed by atoms with Gasteiger partial charge in [0.2, 0.25) is 0 Å². The van der Waals surface area contributed by atoms with Gasteiger partial charge >= 0.3 is 0 Å². The van der Waals surface area contributed by atoms with Gasteiger partial charge in [-0.15, -0.1) is 0 Å². The van der Waals surface area contributed by atoms with Gasteiger partial charge in [-0.1, -0.05) is 15.9 Å². The van der Waals surface area contributed by atoms with Crippen molar-refractivity contribution in [2.45, 2.75) is 18.9 Å². The molecule has 1 aromatic carbocycles. The van der Waals surface area contributed by atoms with Crippen LogP contribution in [0.15, 0.2) is 22.7 Å². The minimum absolute atomic E-state index is 0.129. The Labute approximate surface area is 109 Å². The third-order valence-corrected chi connectivity index (χ3v) is 4.14. The molecular weight excluding hydrogens is 283 g/mol. The summed E-state index contributed by atoms with van der Waals surface area (Å²) in [5.41, 5.74) is 0.736. The quantitative estimate of drug-likeness (QED) is 0.903. The van der Waals surface area contributed by atoms with E-state index in [4.69, 9.17) is 0 Å². The first-order valence-corrected chi connectivity index (χ1v) is 6.97. The molecule has 1 aliphatic heterocycles. The van der Waals surface area contributed by atoms with Gasteiger partial charge in [0, 0.05) is 30.1 Å². The van der Waals surface area contributed by atoms with E-state index in [0.717, 1.165) is 35.7 Å². The van der Waals surface area contributed by atoms with Crippen LogP contribution in [0.1, 0.15) is 12.8 Å². The lowest BCUT2D eigenvalue weighted by molar-refractivity contribution is 0.416. The molecule has 1 saturated carbocycles. The summed E-state index contributed by atoms with van der Waals surface area (Å²) >= 11 is 3.29. The van der Waals surface area contributed by atoms with Crippen LogP contribution in [0.5, 0.6) is 0 Å². The van der Waals surface area contributed by atoms with Crippen LogP contribution in [0.4, 0.5) is 10.1 Å². The molecule has 17 heavy (non-hydrogen) atoms. The van der Waals surface area contributed by atoms with Crippen LogP contribution in [-0.4, -0.2) is 25.7 Å². The Morgan fingerprint density at radius 2 is 2.18 bits per heavy atom. The number of benzene rings is 1. The van der Waals surface area contributed by atoms with Crippen molar-refractivity contribution in [2.75, 3.05) is 24.5 Å². The first-order valence-electron chi connectivity index (χ1n) is 6.17. The molecule has 1 unspecified atom stereocenters. The normalized spacial score (nSPS) is 25.1. The first-order chi connectivity index (χ1) is 8.24. The maximum absolute atomic E-state index is 13.9. The van der Waals surface area contributed by atoms with Crippen molar-refractivity contribution in [3.63, 3.8) is 0 Å². The average Bonchev–Trinajstić information content (AvgIpc) is 3.13. The minimum Gasteiger partial charge on any atom is -0.366 e. The number of halogens is 2. The van der Waals surface area contributed by atoms with Gasteiger partial charge in [0.15, 0.2) is 0 Å². The summed E-state index contributed by atoms with van der Waals surface area (Å²) < 4.78 is 14.7. The summed E-state index contributed by atoms with van der Waals surface area (Å²) in [5.74, 6) is 0.687. The van der Waals surface area contributed by atoms with E-state index in [2.05, 4.69) is 26.1 Å². The fourth-order valence-electron chi connectivity index (χ4n) is 2.55. The number of nitrogens with one attached hydrogen (secondary N) is 1. The van der Waals surface area contributed by atoms with Crippen molar-refractivity contribution >= 4 is 21.6 Å². The maximum Gasteiger partial charge on any atom is 0.147 e. The lowest BCUT2D eigenvalue weighted by Crippen LogP contribution is -2.52. The smallest absolute Gasteiger partial charge is 0.147 e. The standard InChI is InChI=1S/C13H16BrFN2/c14-10-3-4-13(11(15)7-10)17-6-5-16-12(8-17)9-1-2-9/h3-4,7,9,12,16H,1-2,5-6,8H2. The predicted molar refractivity (Wildman–Crippen MR) is 70.8 cm³/mol. The molecule has 1 saturated heterocycles. The summed E-state index contributed by atoms with van der Waals surface area (Å²) in [6, 6.07) is 5.87. The zero-order valence-corrected chi connectivity index (χ0v) is 11.2. The lowest BCUT2D eigenvalue weighted by atomic mass is 10.1. The van der Waals surface area contributed by atoms with Gasteiger partial charge in [-0.3, -0.25) is 0 Å². The zero-order chi connectivity index (χ0) is 11.8. The summed E-state index contributed by atoms with van der Waals surface area (Å²) in [5, 5.41) is 3.54. The third-order valence-electron chi connectivity index (χ3n) is 3.65. The topological polar surface area (TPSA) is 15.3 Å². The molecule has 92 valence electrons. The Balaban J connectivity index is 1.77. The molecule has 3 rings (SSSR count). The molecule has 2 fully saturated rings. The minimum atomic E-state index is -0.129. The molecule has 2 aliphatic rings. The highest BCUT2D eigenvalue weighted by atomic mass is 79.9. The number of hydrogen-bond acceptors (Lipinski definition) is 2. The van der Waals surface area contributed by atoms with Crippen molar-refractivity contribution < 1.29 is 4.39 Å². The molecule has 0 amide bonds. The Morgan fingerprint density at radius 1 is 1.35 bits per heavy atom. The van der Waals surface area contributed by atoms with Gasteiger partial charge in [-0.05, 0) is 37.0 Å². The van der Waals surface area contributed by atoms with E-state index in [1.165, 1.54) is 12.8 Å². The largest absolute Gasteiger partial charge is 0.366 e. The molecule has 4 heteroatoms. The molecular formula is C13H16BrFN2. The molecule has 1 aromatic rings. The summed E-state index contributed by atoms with van der Waals surface area (Å²) in [7, 11) is 0. The second-order valence-electron chi connectivity index (χ2n) is 4.94. The van der Waals surface area contributed by atoms with Crippen molar-refractivity contribution in [2.24, 2.45) is 5.92 Å². The second kappa shape index (κ2) is 4.58. The molecule has 0 bridgehead atoms. The predicted octanol–water partition coefficient (Wildman–Crippen LogP) is 2.78. The van der Waals surface area contributed by atoms with Gasteiger partial charge in [-0.25, -0.2) is 4.39 Å². The molecule has 1 atom stereocenters. The average molecular weight is 299 g/mol. The number of nitrogens with zero attached hydrogens (tertiary/aromatic N) is 1. The van der Waals surface area contributed by atoms with E-state index in [9.17, 15) is 4.39 Å². The van der Waals surface area contributed by atoms with Gasteiger partial charge < -0.3 is 10.2 Å². The lowest BCUT2D eigenvalue weighted by Gasteiger charge is -2.35. The van der Waals surface area contributed by atoms with Crippen LogP contribution in [0, 0.1) is 11.7 Å².